The summed E-state index contributed by atoms with van der Waals surface area (Å²) in [6, 6.07) is 5.76. The maximum Gasteiger partial charge on any atom is 0.281 e. The van der Waals surface area contributed by atoms with Gasteiger partial charge in [0.2, 0.25) is 0 Å². The van der Waals surface area contributed by atoms with E-state index in [1.165, 1.54) is 8.61 Å². The van der Waals surface area contributed by atoms with Crippen LogP contribution in [-0.2, 0) is 10.2 Å². The van der Waals surface area contributed by atoms with Gasteiger partial charge in [0.15, 0.2) is 11.6 Å². The van der Waals surface area contributed by atoms with Crippen molar-refractivity contribution in [3.05, 3.63) is 29.6 Å². The van der Waals surface area contributed by atoms with E-state index in [9.17, 15) is 8.42 Å². The number of hydrogen-bond acceptors (Lipinski definition) is 6. The van der Waals surface area contributed by atoms with Gasteiger partial charge in [-0.15, -0.1) is 10.2 Å². The molecule has 2 aromatic rings. The summed E-state index contributed by atoms with van der Waals surface area (Å²) < 4.78 is 28.8. The SMILES string of the molecule is Cc1cc(C)n(-c2ccc(N3CCN(S(=O)(=O)N(C)C)CC3)nn2)n1. The third-order valence-corrected chi connectivity index (χ3v) is 6.15. The van der Waals surface area contributed by atoms with Gasteiger partial charge in [0.25, 0.3) is 10.2 Å². The van der Waals surface area contributed by atoms with Crippen LogP contribution in [0, 0.1) is 13.8 Å². The molecule has 9 nitrogen and oxygen atoms in total. The molecule has 2 aromatic heterocycles. The van der Waals surface area contributed by atoms with Crippen LogP contribution in [-0.4, -0.2) is 77.3 Å². The number of anilines is 1. The lowest BCUT2D eigenvalue weighted by molar-refractivity contribution is 0.354. The second kappa shape index (κ2) is 6.70. The van der Waals surface area contributed by atoms with Gasteiger partial charge >= 0.3 is 0 Å². The molecule has 0 unspecified atom stereocenters. The van der Waals surface area contributed by atoms with Crippen molar-refractivity contribution in [1.82, 2.24) is 28.6 Å². The third-order valence-electron chi connectivity index (χ3n) is 4.21. The summed E-state index contributed by atoms with van der Waals surface area (Å²) in [6.45, 7) is 5.94. The van der Waals surface area contributed by atoms with Gasteiger partial charge in [-0.3, -0.25) is 0 Å². The Labute approximate surface area is 148 Å². The minimum absolute atomic E-state index is 0.432. The number of hydrogen-bond donors (Lipinski definition) is 0. The van der Waals surface area contributed by atoms with E-state index in [0.29, 0.717) is 32.0 Å². The summed E-state index contributed by atoms with van der Waals surface area (Å²) in [4.78, 5) is 2.04. The molecule has 0 radical (unpaired) electrons. The minimum atomic E-state index is -3.36. The van der Waals surface area contributed by atoms with Gasteiger partial charge in [-0.2, -0.15) is 22.1 Å². The van der Waals surface area contributed by atoms with Crippen LogP contribution >= 0.6 is 0 Å². The molecular weight excluding hydrogens is 342 g/mol. The average Bonchev–Trinajstić information content (AvgIpc) is 2.93. The fourth-order valence-corrected chi connectivity index (χ4v) is 3.93. The van der Waals surface area contributed by atoms with E-state index in [4.69, 9.17) is 0 Å². The summed E-state index contributed by atoms with van der Waals surface area (Å²) in [7, 11) is -0.265. The molecule has 0 bridgehead atoms. The molecule has 0 amide bonds. The molecule has 136 valence electrons. The molecule has 0 aromatic carbocycles. The molecule has 3 heterocycles. The van der Waals surface area contributed by atoms with Crippen LogP contribution in [0.4, 0.5) is 5.82 Å². The van der Waals surface area contributed by atoms with E-state index < -0.39 is 10.2 Å². The van der Waals surface area contributed by atoms with Crippen molar-refractivity contribution in [3.63, 3.8) is 0 Å². The van der Waals surface area contributed by atoms with E-state index >= 15 is 0 Å². The zero-order chi connectivity index (χ0) is 18.2. The summed E-state index contributed by atoms with van der Waals surface area (Å²) in [5.74, 6) is 1.41. The first-order chi connectivity index (χ1) is 11.8. The standard InChI is InChI=1S/C15H23N7O2S/c1-12-11-13(2)22(18-12)15-6-5-14(16-17-15)20-7-9-21(10-8-20)25(23,24)19(3)4/h5-6,11H,7-10H2,1-4H3. The van der Waals surface area contributed by atoms with Gasteiger partial charge in [0, 0.05) is 46.0 Å². The summed E-state index contributed by atoms with van der Waals surface area (Å²) in [5, 5.41) is 12.9. The first-order valence-corrected chi connectivity index (χ1v) is 9.48. The predicted octanol–water partition coefficient (Wildman–Crippen LogP) is 0.208. The second-order valence-corrected chi connectivity index (χ2v) is 8.41. The summed E-state index contributed by atoms with van der Waals surface area (Å²) in [6.07, 6.45) is 0. The maximum atomic E-state index is 12.2. The average molecular weight is 365 g/mol. The Balaban J connectivity index is 1.69. The lowest BCUT2D eigenvalue weighted by atomic mass is 10.3. The zero-order valence-corrected chi connectivity index (χ0v) is 15.7. The van der Waals surface area contributed by atoms with Gasteiger partial charge in [-0.05, 0) is 32.0 Å². The molecule has 3 rings (SSSR count). The molecule has 10 heteroatoms. The van der Waals surface area contributed by atoms with Crippen molar-refractivity contribution in [2.45, 2.75) is 13.8 Å². The number of nitrogens with zero attached hydrogens (tertiary/aromatic N) is 7. The maximum absolute atomic E-state index is 12.2. The number of piperazine rings is 1. The molecular formula is C15H23N7O2S. The Bertz CT molecular complexity index is 837. The largest absolute Gasteiger partial charge is 0.352 e. The van der Waals surface area contributed by atoms with E-state index in [0.717, 1.165) is 17.2 Å². The Kier molecular flexibility index (Phi) is 4.76. The lowest BCUT2D eigenvalue weighted by Crippen LogP contribution is -2.51. The van der Waals surface area contributed by atoms with Crippen LogP contribution in [0.5, 0.6) is 0 Å². The summed E-state index contributed by atoms with van der Waals surface area (Å²) in [5.41, 5.74) is 1.93. The van der Waals surface area contributed by atoms with Crippen molar-refractivity contribution in [3.8, 4) is 5.82 Å². The highest BCUT2D eigenvalue weighted by molar-refractivity contribution is 7.86. The monoisotopic (exact) mass is 365 g/mol. The highest BCUT2D eigenvalue weighted by Gasteiger charge is 2.29. The molecule has 1 aliphatic rings. The lowest BCUT2D eigenvalue weighted by Gasteiger charge is -2.35. The minimum Gasteiger partial charge on any atom is -0.352 e. The zero-order valence-electron chi connectivity index (χ0n) is 14.9. The Morgan fingerprint density at radius 1 is 1.00 bits per heavy atom. The molecule has 0 aliphatic carbocycles. The van der Waals surface area contributed by atoms with Crippen molar-refractivity contribution in [2.75, 3.05) is 45.2 Å². The highest BCUT2D eigenvalue weighted by Crippen LogP contribution is 2.17. The van der Waals surface area contributed by atoms with E-state index in [-0.39, 0.29) is 0 Å². The molecule has 0 spiro atoms. The number of aromatic nitrogens is 4. The Morgan fingerprint density at radius 2 is 1.60 bits per heavy atom. The molecule has 1 aliphatic heterocycles. The molecule has 0 atom stereocenters. The van der Waals surface area contributed by atoms with Crippen molar-refractivity contribution in [2.24, 2.45) is 0 Å². The Hall–Kier alpha value is -2.04. The van der Waals surface area contributed by atoms with Gasteiger partial charge in [0.1, 0.15) is 0 Å². The van der Waals surface area contributed by atoms with Gasteiger partial charge in [0.05, 0.1) is 5.69 Å². The number of rotatable bonds is 4. The number of aryl methyl sites for hydroxylation is 2. The van der Waals surface area contributed by atoms with Crippen LogP contribution in [0.1, 0.15) is 11.4 Å². The van der Waals surface area contributed by atoms with Gasteiger partial charge < -0.3 is 4.90 Å². The fraction of sp³-hybridized carbons (Fsp3) is 0.533. The van der Waals surface area contributed by atoms with E-state index in [2.05, 4.69) is 15.3 Å². The van der Waals surface area contributed by atoms with Crippen molar-refractivity contribution < 1.29 is 8.42 Å². The Morgan fingerprint density at radius 3 is 2.08 bits per heavy atom. The third kappa shape index (κ3) is 3.51. The molecule has 1 fully saturated rings. The normalized spacial score (nSPS) is 16.6. The predicted molar refractivity (Wildman–Crippen MR) is 95.0 cm³/mol. The quantitative estimate of drug-likeness (QED) is 0.770. The molecule has 0 N–H and O–H groups in total. The smallest absolute Gasteiger partial charge is 0.281 e. The van der Waals surface area contributed by atoms with Crippen LogP contribution in [0.15, 0.2) is 18.2 Å². The van der Waals surface area contributed by atoms with Crippen molar-refractivity contribution >= 4 is 16.0 Å². The van der Waals surface area contributed by atoms with E-state index in [1.54, 1.807) is 18.8 Å². The van der Waals surface area contributed by atoms with Gasteiger partial charge in [-0.1, -0.05) is 0 Å². The van der Waals surface area contributed by atoms with Crippen LogP contribution in [0.25, 0.3) is 5.82 Å². The molecule has 1 saturated heterocycles. The molecule has 0 saturated carbocycles. The van der Waals surface area contributed by atoms with Gasteiger partial charge in [-0.25, -0.2) is 4.68 Å². The topological polar surface area (TPSA) is 87.5 Å². The van der Waals surface area contributed by atoms with Crippen LogP contribution in [0.2, 0.25) is 0 Å². The first kappa shape index (κ1) is 17.8. The van der Waals surface area contributed by atoms with Crippen LogP contribution < -0.4 is 4.90 Å². The first-order valence-electron chi connectivity index (χ1n) is 8.09. The van der Waals surface area contributed by atoms with E-state index in [1.807, 2.05) is 36.9 Å². The highest BCUT2D eigenvalue weighted by atomic mass is 32.2. The van der Waals surface area contributed by atoms with Crippen LogP contribution in [0.3, 0.4) is 0 Å². The fourth-order valence-electron chi connectivity index (χ4n) is 2.84. The molecule has 25 heavy (non-hydrogen) atoms. The van der Waals surface area contributed by atoms with Crippen molar-refractivity contribution in [1.29, 1.82) is 0 Å². The second-order valence-electron chi connectivity index (χ2n) is 6.26. The summed E-state index contributed by atoms with van der Waals surface area (Å²) >= 11 is 0.